The third-order valence-electron chi connectivity index (χ3n) is 3.53. The normalized spacial score (nSPS) is 19.2. The zero-order chi connectivity index (χ0) is 13.1. The number of phenols is 1. The van der Waals surface area contributed by atoms with Gasteiger partial charge >= 0.3 is 0 Å². The molecule has 0 saturated carbocycles. The Morgan fingerprint density at radius 3 is 2.89 bits per heavy atom. The van der Waals surface area contributed by atoms with E-state index in [9.17, 15) is 9.90 Å². The zero-order valence-electron chi connectivity index (χ0n) is 10.6. The number of carbonyl (C=O) groups excluding carboxylic acids is 1. The molecular formula is C14H19NO3. The van der Waals surface area contributed by atoms with E-state index in [2.05, 4.69) is 0 Å². The van der Waals surface area contributed by atoms with Crippen LogP contribution >= 0.6 is 0 Å². The summed E-state index contributed by atoms with van der Waals surface area (Å²) in [5, 5.41) is 18.7. The molecule has 1 aliphatic heterocycles. The fraction of sp³-hybridized carbons (Fsp3) is 0.500. The zero-order valence-corrected chi connectivity index (χ0v) is 10.6. The first-order chi connectivity index (χ1) is 8.60. The van der Waals surface area contributed by atoms with Crippen LogP contribution in [0.4, 0.5) is 0 Å². The number of aromatic hydroxyl groups is 1. The van der Waals surface area contributed by atoms with Gasteiger partial charge in [0.05, 0.1) is 6.42 Å². The fourth-order valence-corrected chi connectivity index (χ4v) is 2.26. The fourth-order valence-electron chi connectivity index (χ4n) is 2.26. The minimum absolute atomic E-state index is 0.0641. The molecule has 1 saturated heterocycles. The lowest BCUT2D eigenvalue weighted by Gasteiger charge is -2.16. The maximum atomic E-state index is 12.0. The lowest BCUT2D eigenvalue weighted by atomic mass is 10.1. The summed E-state index contributed by atoms with van der Waals surface area (Å²) in [7, 11) is 0. The molecule has 1 atom stereocenters. The van der Waals surface area contributed by atoms with Gasteiger partial charge in [-0.3, -0.25) is 4.79 Å². The molecule has 18 heavy (non-hydrogen) atoms. The van der Waals surface area contributed by atoms with Crippen molar-refractivity contribution in [3.63, 3.8) is 0 Å². The number of aliphatic hydroxyl groups is 1. The number of amides is 1. The largest absolute Gasteiger partial charge is 0.508 e. The maximum Gasteiger partial charge on any atom is 0.227 e. The predicted octanol–water partition coefficient (Wildman–Crippen LogP) is 1.08. The van der Waals surface area contributed by atoms with E-state index in [1.807, 2.05) is 19.1 Å². The molecule has 0 aliphatic carbocycles. The van der Waals surface area contributed by atoms with Gasteiger partial charge in [-0.25, -0.2) is 0 Å². The summed E-state index contributed by atoms with van der Waals surface area (Å²) in [5.41, 5.74) is 1.64. The van der Waals surface area contributed by atoms with Crippen molar-refractivity contribution in [1.29, 1.82) is 0 Å². The second-order valence-electron chi connectivity index (χ2n) is 4.97. The summed E-state index contributed by atoms with van der Waals surface area (Å²) in [6.07, 6.45) is 1.19. The Hall–Kier alpha value is -1.55. The Balaban J connectivity index is 1.97. The van der Waals surface area contributed by atoms with E-state index in [-0.39, 0.29) is 24.2 Å². The van der Waals surface area contributed by atoms with Crippen molar-refractivity contribution in [3.8, 4) is 5.75 Å². The highest BCUT2D eigenvalue weighted by Crippen LogP contribution is 2.20. The molecule has 4 heteroatoms. The topological polar surface area (TPSA) is 60.8 Å². The molecule has 0 bridgehead atoms. The van der Waals surface area contributed by atoms with Crippen LogP contribution in [0.3, 0.4) is 0 Å². The van der Waals surface area contributed by atoms with Crippen LogP contribution in [0.1, 0.15) is 17.5 Å². The van der Waals surface area contributed by atoms with Gasteiger partial charge in [0.15, 0.2) is 0 Å². The van der Waals surface area contributed by atoms with Crippen molar-refractivity contribution in [2.45, 2.75) is 19.8 Å². The van der Waals surface area contributed by atoms with Crippen LogP contribution in [0.2, 0.25) is 0 Å². The molecule has 2 N–H and O–H groups in total. The summed E-state index contributed by atoms with van der Waals surface area (Å²) in [5.74, 6) is 0.518. The standard InChI is InChI=1S/C14H19NO3/c1-10-2-3-11(6-13(10)17)7-14(18)15-5-4-12(8-15)9-16/h2-3,6,12,16-17H,4-5,7-9H2,1H3. The van der Waals surface area contributed by atoms with E-state index in [0.29, 0.717) is 13.0 Å². The third-order valence-corrected chi connectivity index (χ3v) is 3.53. The predicted molar refractivity (Wildman–Crippen MR) is 68.3 cm³/mol. The molecule has 1 aromatic rings. The van der Waals surface area contributed by atoms with Crippen LogP contribution < -0.4 is 0 Å². The summed E-state index contributed by atoms with van der Waals surface area (Å²) < 4.78 is 0. The van der Waals surface area contributed by atoms with Gasteiger partial charge in [0, 0.05) is 25.6 Å². The number of likely N-dealkylation sites (tertiary alicyclic amines) is 1. The second-order valence-corrected chi connectivity index (χ2v) is 4.97. The second kappa shape index (κ2) is 5.40. The third kappa shape index (κ3) is 2.82. The van der Waals surface area contributed by atoms with Gasteiger partial charge in [-0.2, -0.15) is 0 Å². The summed E-state index contributed by atoms with van der Waals surface area (Å²) in [6.45, 7) is 3.34. The average Bonchev–Trinajstić information content (AvgIpc) is 2.82. The highest BCUT2D eigenvalue weighted by atomic mass is 16.3. The van der Waals surface area contributed by atoms with Crippen molar-refractivity contribution >= 4 is 5.91 Å². The molecule has 1 aliphatic rings. The van der Waals surface area contributed by atoms with Gasteiger partial charge in [-0.15, -0.1) is 0 Å². The van der Waals surface area contributed by atoms with Crippen molar-refractivity contribution in [2.75, 3.05) is 19.7 Å². The van der Waals surface area contributed by atoms with Crippen LogP contribution in [0.5, 0.6) is 5.75 Å². The molecule has 1 heterocycles. The Morgan fingerprint density at radius 1 is 1.50 bits per heavy atom. The number of hydrogen-bond acceptors (Lipinski definition) is 3. The number of carbonyl (C=O) groups is 1. The number of phenolic OH excluding ortho intramolecular Hbond substituents is 1. The first-order valence-corrected chi connectivity index (χ1v) is 6.27. The Morgan fingerprint density at radius 2 is 2.28 bits per heavy atom. The molecule has 0 aromatic heterocycles. The molecule has 2 rings (SSSR count). The minimum atomic E-state index is 0.0641. The monoisotopic (exact) mass is 249 g/mol. The van der Waals surface area contributed by atoms with Crippen LogP contribution in [0.25, 0.3) is 0 Å². The Labute approximate surface area is 107 Å². The van der Waals surface area contributed by atoms with E-state index >= 15 is 0 Å². The van der Waals surface area contributed by atoms with Crippen molar-refractivity contribution in [2.24, 2.45) is 5.92 Å². The smallest absolute Gasteiger partial charge is 0.227 e. The average molecular weight is 249 g/mol. The molecule has 1 amide bonds. The van der Waals surface area contributed by atoms with Crippen LogP contribution in [0, 0.1) is 12.8 Å². The molecule has 1 unspecified atom stereocenters. The van der Waals surface area contributed by atoms with Gasteiger partial charge in [0.25, 0.3) is 0 Å². The van der Waals surface area contributed by atoms with Crippen LogP contribution in [-0.4, -0.2) is 40.7 Å². The van der Waals surface area contributed by atoms with E-state index in [1.165, 1.54) is 0 Å². The molecule has 0 spiro atoms. The Bertz CT molecular complexity index is 445. The SMILES string of the molecule is Cc1ccc(CC(=O)N2CCC(CO)C2)cc1O. The molecule has 1 fully saturated rings. The first kappa shape index (κ1) is 12.9. The molecule has 1 aromatic carbocycles. The summed E-state index contributed by atoms with van der Waals surface area (Å²) in [6, 6.07) is 5.33. The number of benzene rings is 1. The first-order valence-electron chi connectivity index (χ1n) is 6.27. The van der Waals surface area contributed by atoms with E-state index in [0.717, 1.165) is 24.1 Å². The highest BCUT2D eigenvalue weighted by molar-refractivity contribution is 5.79. The van der Waals surface area contributed by atoms with Crippen LogP contribution in [-0.2, 0) is 11.2 Å². The van der Waals surface area contributed by atoms with E-state index in [1.54, 1.807) is 11.0 Å². The van der Waals surface area contributed by atoms with Gasteiger partial charge in [0.2, 0.25) is 5.91 Å². The maximum absolute atomic E-state index is 12.0. The molecule has 98 valence electrons. The molecular weight excluding hydrogens is 230 g/mol. The van der Waals surface area contributed by atoms with E-state index in [4.69, 9.17) is 5.11 Å². The lowest BCUT2D eigenvalue weighted by Crippen LogP contribution is -2.30. The minimum Gasteiger partial charge on any atom is -0.508 e. The van der Waals surface area contributed by atoms with Gasteiger partial charge in [0.1, 0.15) is 5.75 Å². The number of nitrogens with zero attached hydrogens (tertiary/aromatic N) is 1. The number of rotatable bonds is 3. The van der Waals surface area contributed by atoms with E-state index < -0.39 is 0 Å². The number of aryl methyl sites for hydroxylation is 1. The Kier molecular flexibility index (Phi) is 3.87. The highest BCUT2D eigenvalue weighted by Gasteiger charge is 2.25. The summed E-state index contributed by atoms with van der Waals surface area (Å²) >= 11 is 0. The number of aliphatic hydroxyl groups excluding tert-OH is 1. The quantitative estimate of drug-likeness (QED) is 0.843. The van der Waals surface area contributed by atoms with Crippen molar-refractivity contribution in [1.82, 2.24) is 4.90 Å². The van der Waals surface area contributed by atoms with Crippen molar-refractivity contribution in [3.05, 3.63) is 29.3 Å². The van der Waals surface area contributed by atoms with Crippen molar-refractivity contribution < 1.29 is 15.0 Å². The van der Waals surface area contributed by atoms with Crippen LogP contribution in [0.15, 0.2) is 18.2 Å². The molecule has 0 radical (unpaired) electrons. The summed E-state index contributed by atoms with van der Waals surface area (Å²) in [4.78, 5) is 13.8. The van der Waals surface area contributed by atoms with Gasteiger partial charge < -0.3 is 15.1 Å². The van der Waals surface area contributed by atoms with Gasteiger partial charge in [-0.1, -0.05) is 12.1 Å². The number of hydrogen-bond donors (Lipinski definition) is 2. The lowest BCUT2D eigenvalue weighted by molar-refractivity contribution is -0.129. The van der Waals surface area contributed by atoms with Gasteiger partial charge in [-0.05, 0) is 30.5 Å². The molecule has 4 nitrogen and oxygen atoms in total.